The van der Waals surface area contributed by atoms with Gasteiger partial charge in [0.1, 0.15) is 0 Å². The summed E-state index contributed by atoms with van der Waals surface area (Å²) in [5.41, 5.74) is 3.43. The molecule has 2 aromatic carbocycles. The number of aromatic nitrogens is 2. The third kappa shape index (κ3) is 3.07. The minimum Gasteiger partial charge on any atom is -0.388 e. The van der Waals surface area contributed by atoms with Gasteiger partial charge in [-0.15, -0.1) is 0 Å². The second-order valence-electron chi connectivity index (χ2n) is 6.68. The number of likely N-dealkylation sites (tertiary alicyclic amines) is 1. The predicted molar refractivity (Wildman–Crippen MR) is 95.5 cm³/mol. The molecule has 1 aromatic heterocycles. The average Bonchev–Trinajstić information content (AvgIpc) is 3.26. The number of hydrogen-bond donors (Lipinski definition) is 2. The van der Waals surface area contributed by atoms with E-state index in [1.807, 2.05) is 36.5 Å². The molecule has 24 heavy (non-hydrogen) atoms. The molecular weight excluding hydrogens is 298 g/mol. The lowest BCUT2D eigenvalue weighted by Crippen LogP contribution is -2.30. The zero-order valence-electron chi connectivity index (χ0n) is 13.7. The Balaban J connectivity index is 1.48. The van der Waals surface area contributed by atoms with E-state index in [0.29, 0.717) is 6.04 Å². The lowest BCUT2D eigenvalue weighted by atomic mass is 10.00. The van der Waals surface area contributed by atoms with Crippen LogP contribution >= 0.6 is 0 Å². The number of para-hydroxylation sites is 1. The van der Waals surface area contributed by atoms with Gasteiger partial charge in [0.25, 0.3) is 0 Å². The Labute approximate surface area is 142 Å². The zero-order valence-corrected chi connectivity index (χ0v) is 13.7. The molecule has 3 aromatic rings. The molecule has 2 unspecified atom stereocenters. The number of rotatable bonds is 5. The van der Waals surface area contributed by atoms with Gasteiger partial charge in [-0.1, -0.05) is 48.5 Å². The van der Waals surface area contributed by atoms with E-state index < -0.39 is 0 Å². The predicted octanol–water partition coefficient (Wildman–Crippen LogP) is 3.65. The van der Waals surface area contributed by atoms with E-state index in [9.17, 15) is 5.11 Å². The van der Waals surface area contributed by atoms with Crippen molar-refractivity contribution in [1.82, 2.24) is 15.1 Å². The molecule has 1 saturated heterocycles. The second kappa shape index (κ2) is 6.75. The fourth-order valence-electron chi connectivity index (χ4n) is 3.82. The van der Waals surface area contributed by atoms with Crippen LogP contribution < -0.4 is 0 Å². The van der Waals surface area contributed by atoms with Crippen LogP contribution in [0.15, 0.2) is 54.7 Å². The summed E-state index contributed by atoms with van der Waals surface area (Å²) in [6, 6.07) is 16.8. The standard InChI is InChI=1S/C20H23N3O/c24-19(15-6-2-1-3-7-15)12-18-10-5-11-23(18)14-17-9-4-8-16-13-21-22-20(16)17/h1-4,6-9,13,18-19,24H,5,10-12,14H2,(H,21,22). The van der Waals surface area contributed by atoms with Gasteiger partial charge in [0.05, 0.1) is 17.8 Å². The van der Waals surface area contributed by atoms with E-state index >= 15 is 0 Å². The highest BCUT2D eigenvalue weighted by Gasteiger charge is 2.27. The molecule has 2 N–H and O–H groups in total. The number of hydrogen-bond acceptors (Lipinski definition) is 3. The van der Waals surface area contributed by atoms with Crippen molar-refractivity contribution < 1.29 is 5.11 Å². The van der Waals surface area contributed by atoms with Crippen molar-refractivity contribution in [2.24, 2.45) is 0 Å². The largest absolute Gasteiger partial charge is 0.388 e. The molecule has 0 amide bonds. The number of aliphatic hydroxyl groups excluding tert-OH is 1. The van der Waals surface area contributed by atoms with Crippen LogP contribution in [0.25, 0.3) is 10.9 Å². The molecule has 4 rings (SSSR count). The van der Waals surface area contributed by atoms with Gasteiger partial charge < -0.3 is 5.11 Å². The van der Waals surface area contributed by atoms with Gasteiger partial charge in [-0.25, -0.2) is 0 Å². The molecule has 2 heterocycles. The summed E-state index contributed by atoms with van der Waals surface area (Å²) < 4.78 is 0. The van der Waals surface area contributed by atoms with Crippen LogP contribution in [0.4, 0.5) is 0 Å². The van der Waals surface area contributed by atoms with Crippen molar-refractivity contribution in [2.75, 3.05) is 6.54 Å². The topological polar surface area (TPSA) is 52.1 Å². The van der Waals surface area contributed by atoms with Gasteiger partial charge in [0, 0.05) is 18.0 Å². The Kier molecular flexibility index (Phi) is 4.32. The minimum absolute atomic E-state index is 0.389. The summed E-state index contributed by atoms with van der Waals surface area (Å²) in [4.78, 5) is 2.50. The van der Waals surface area contributed by atoms with E-state index in [4.69, 9.17) is 0 Å². The maximum Gasteiger partial charge on any atom is 0.0805 e. The van der Waals surface area contributed by atoms with E-state index in [2.05, 4.69) is 33.3 Å². The second-order valence-corrected chi connectivity index (χ2v) is 6.68. The van der Waals surface area contributed by atoms with Crippen LogP contribution in [0, 0.1) is 0 Å². The fourth-order valence-corrected chi connectivity index (χ4v) is 3.82. The van der Waals surface area contributed by atoms with Crippen molar-refractivity contribution in [3.05, 3.63) is 65.9 Å². The number of aliphatic hydroxyl groups is 1. The Morgan fingerprint density at radius 1 is 1.17 bits per heavy atom. The van der Waals surface area contributed by atoms with Crippen LogP contribution in [0.1, 0.15) is 36.5 Å². The molecule has 4 heteroatoms. The molecule has 0 radical (unpaired) electrons. The Morgan fingerprint density at radius 3 is 2.92 bits per heavy atom. The fraction of sp³-hybridized carbons (Fsp3) is 0.350. The van der Waals surface area contributed by atoms with E-state index in [1.54, 1.807) is 0 Å². The van der Waals surface area contributed by atoms with Gasteiger partial charge in [-0.2, -0.15) is 5.10 Å². The summed E-state index contributed by atoms with van der Waals surface area (Å²) in [5.74, 6) is 0. The monoisotopic (exact) mass is 321 g/mol. The summed E-state index contributed by atoms with van der Waals surface area (Å²) in [6.45, 7) is 2.00. The summed E-state index contributed by atoms with van der Waals surface area (Å²) >= 11 is 0. The van der Waals surface area contributed by atoms with Crippen LogP contribution in [-0.2, 0) is 6.54 Å². The highest BCUT2D eigenvalue weighted by molar-refractivity contribution is 5.81. The Bertz CT molecular complexity index is 799. The minimum atomic E-state index is -0.389. The summed E-state index contributed by atoms with van der Waals surface area (Å²) in [7, 11) is 0. The van der Waals surface area contributed by atoms with E-state index in [0.717, 1.165) is 42.4 Å². The molecular formula is C20H23N3O. The molecule has 1 aliphatic rings. The van der Waals surface area contributed by atoms with Crippen LogP contribution in [-0.4, -0.2) is 32.8 Å². The van der Waals surface area contributed by atoms with E-state index in [1.165, 1.54) is 12.0 Å². The molecule has 1 fully saturated rings. The third-order valence-corrected chi connectivity index (χ3v) is 5.12. The highest BCUT2D eigenvalue weighted by Crippen LogP contribution is 2.29. The molecule has 2 atom stereocenters. The molecule has 1 aliphatic heterocycles. The number of nitrogens with zero attached hydrogens (tertiary/aromatic N) is 2. The smallest absolute Gasteiger partial charge is 0.0805 e. The first-order chi connectivity index (χ1) is 11.8. The number of benzene rings is 2. The lowest BCUT2D eigenvalue weighted by Gasteiger charge is -2.26. The van der Waals surface area contributed by atoms with Crippen molar-refractivity contribution in [3.8, 4) is 0 Å². The normalized spacial score (nSPS) is 19.8. The number of aromatic amines is 1. The van der Waals surface area contributed by atoms with Gasteiger partial charge in [-0.3, -0.25) is 10.00 Å². The van der Waals surface area contributed by atoms with Crippen molar-refractivity contribution in [3.63, 3.8) is 0 Å². The molecule has 0 saturated carbocycles. The SMILES string of the molecule is OC(CC1CCCN1Cc1cccc2cn[nH]c12)c1ccccc1. The first kappa shape index (κ1) is 15.4. The first-order valence-electron chi connectivity index (χ1n) is 8.69. The zero-order chi connectivity index (χ0) is 16.4. The number of nitrogens with one attached hydrogen (secondary N) is 1. The first-order valence-corrected chi connectivity index (χ1v) is 8.69. The molecule has 124 valence electrons. The summed E-state index contributed by atoms with van der Waals surface area (Å²) in [6.07, 6.45) is 4.64. The molecule has 4 nitrogen and oxygen atoms in total. The van der Waals surface area contributed by atoms with Crippen molar-refractivity contribution >= 4 is 10.9 Å². The quantitative estimate of drug-likeness (QED) is 0.754. The van der Waals surface area contributed by atoms with Crippen molar-refractivity contribution in [2.45, 2.75) is 38.0 Å². The molecule has 0 spiro atoms. The maximum absolute atomic E-state index is 10.6. The van der Waals surface area contributed by atoms with Gasteiger partial charge in [0.2, 0.25) is 0 Å². The third-order valence-electron chi connectivity index (χ3n) is 5.12. The summed E-state index contributed by atoms with van der Waals surface area (Å²) in [5, 5.41) is 19.0. The van der Waals surface area contributed by atoms with Crippen LogP contribution in [0.5, 0.6) is 0 Å². The number of H-pyrrole nitrogens is 1. The van der Waals surface area contributed by atoms with Gasteiger partial charge in [-0.05, 0) is 36.9 Å². The lowest BCUT2D eigenvalue weighted by molar-refractivity contribution is 0.118. The van der Waals surface area contributed by atoms with Gasteiger partial charge >= 0.3 is 0 Å². The average molecular weight is 321 g/mol. The van der Waals surface area contributed by atoms with Gasteiger partial charge in [0.15, 0.2) is 0 Å². The van der Waals surface area contributed by atoms with Crippen molar-refractivity contribution in [1.29, 1.82) is 0 Å². The molecule has 0 aliphatic carbocycles. The van der Waals surface area contributed by atoms with Crippen LogP contribution in [0.3, 0.4) is 0 Å². The Hall–Kier alpha value is -2.17. The van der Waals surface area contributed by atoms with Crippen LogP contribution in [0.2, 0.25) is 0 Å². The van der Waals surface area contributed by atoms with E-state index in [-0.39, 0.29) is 6.10 Å². The number of fused-ring (bicyclic) bond motifs is 1. The highest BCUT2D eigenvalue weighted by atomic mass is 16.3. The Morgan fingerprint density at radius 2 is 2.04 bits per heavy atom. The maximum atomic E-state index is 10.6. The molecule has 0 bridgehead atoms.